The molecular weight excluding hydrogens is 287 g/mol. The molecule has 0 unspecified atom stereocenters. The zero-order valence-corrected chi connectivity index (χ0v) is 11.7. The fraction of sp³-hybridized carbons (Fsp3) is 0.250. The predicted octanol–water partition coefficient (Wildman–Crippen LogP) is 5.48. The van der Waals surface area contributed by atoms with Gasteiger partial charge in [0.25, 0.3) is 0 Å². The van der Waals surface area contributed by atoms with Crippen molar-refractivity contribution in [3.63, 3.8) is 0 Å². The van der Waals surface area contributed by atoms with Gasteiger partial charge in [-0.25, -0.2) is 22.0 Å². The molecule has 0 aromatic heterocycles. The Morgan fingerprint density at radius 1 is 0.714 bits per heavy atom. The predicted molar refractivity (Wildman–Crippen MR) is 70.5 cm³/mol. The minimum atomic E-state index is -2.15. The molecule has 0 aliphatic rings. The second-order valence-corrected chi connectivity index (χ2v) is 5.23. The molecule has 0 amide bonds. The van der Waals surface area contributed by atoms with Gasteiger partial charge in [0.1, 0.15) is 0 Å². The Kier molecular flexibility index (Phi) is 4.03. The van der Waals surface area contributed by atoms with Gasteiger partial charge >= 0.3 is 0 Å². The van der Waals surface area contributed by atoms with Gasteiger partial charge in [-0.1, -0.05) is 37.6 Å². The number of hydrogen-bond acceptors (Lipinski definition) is 0. The maximum atomic E-state index is 13.8. The molecule has 0 fully saturated rings. The zero-order chi connectivity index (χ0) is 15.9. The Labute approximate surface area is 119 Å². The summed E-state index contributed by atoms with van der Waals surface area (Å²) in [5.41, 5.74) is 0.526. The van der Waals surface area contributed by atoms with E-state index in [4.69, 9.17) is 0 Å². The standard InChI is InChI=1S/C16H13F5/c1-7(2)9-4-8(3)5-10(6-9)11-12(17)14(19)16(21)15(20)13(11)18/h4-7H,1-3H3. The highest BCUT2D eigenvalue weighted by molar-refractivity contribution is 5.67. The van der Waals surface area contributed by atoms with Gasteiger partial charge in [0.2, 0.25) is 5.82 Å². The number of benzene rings is 2. The van der Waals surface area contributed by atoms with Crippen LogP contribution in [0.1, 0.15) is 30.9 Å². The molecule has 21 heavy (non-hydrogen) atoms. The van der Waals surface area contributed by atoms with Crippen LogP contribution < -0.4 is 0 Å². The molecule has 0 nitrogen and oxygen atoms in total. The molecule has 2 aromatic carbocycles. The van der Waals surface area contributed by atoms with Crippen LogP contribution in [0.25, 0.3) is 11.1 Å². The maximum Gasteiger partial charge on any atom is 0.200 e. The zero-order valence-electron chi connectivity index (χ0n) is 11.7. The van der Waals surface area contributed by atoms with Crippen LogP contribution in [0.2, 0.25) is 0 Å². The summed E-state index contributed by atoms with van der Waals surface area (Å²) in [7, 11) is 0. The van der Waals surface area contributed by atoms with Gasteiger partial charge in [-0.3, -0.25) is 0 Å². The summed E-state index contributed by atoms with van der Waals surface area (Å²) in [5.74, 6) is -9.58. The lowest BCUT2D eigenvalue weighted by molar-refractivity contribution is 0.381. The van der Waals surface area contributed by atoms with Crippen molar-refractivity contribution in [2.45, 2.75) is 26.7 Å². The summed E-state index contributed by atoms with van der Waals surface area (Å²) in [5, 5.41) is 0. The molecule has 2 rings (SSSR count). The number of aryl methyl sites for hydroxylation is 1. The van der Waals surface area contributed by atoms with Crippen molar-refractivity contribution in [2.75, 3.05) is 0 Å². The van der Waals surface area contributed by atoms with Crippen molar-refractivity contribution in [1.29, 1.82) is 0 Å². The summed E-state index contributed by atoms with van der Waals surface area (Å²) >= 11 is 0. The first-order valence-corrected chi connectivity index (χ1v) is 6.37. The van der Waals surface area contributed by atoms with E-state index in [1.807, 2.05) is 13.8 Å². The van der Waals surface area contributed by atoms with Crippen molar-refractivity contribution in [1.82, 2.24) is 0 Å². The van der Waals surface area contributed by atoms with Gasteiger partial charge in [-0.15, -0.1) is 0 Å². The van der Waals surface area contributed by atoms with E-state index in [-0.39, 0.29) is 11.5 Å². The summed E-state index contributed by atoms with van der Waals surface area (Å²) in [6.45, 7) is 5.44. The van der Waals surface area contributed by atoms with E-state index < -0.39 is 34.6 Å². The van der Waals surface area contributed by atoms with Crippen LogP contribution in [-0.2, 0) is 0 Å². The lowest BCUT2D eigenvalue weighted by Crippen LogP contribution is -2.04. The van der Waals surface area contributed by atoms with Crippen LogP contribution in [0.4, 0.5) is 22.0 Å². The van der Waals surface area contributed by atoms with E-state index >= 15 is 0 Å². The van der Waals surface area contributed by atoms with Gasteiger partial charge in [0, 0.05) is 0 Å². The van der Waals surface area contributed by atoms with Crippen LogP contribution in [0.15, 0.2) is 18.2 Å². The third-order valence-electron chi connectivity index (χ3n) is 3.26. The first-order chi connectivity index (χ1) is 9.73. The quantitative estimate of drug-likeness (QED) is 0.391. The molecule has 0 N–H and O–H groups in total. The summed E-state index contributed by atoms with van der Waals surface area (Å²) in [6, 6.07) is 4.64. The molecule has 5 heteroatoms. The van der Waals surface area contributed by atoms with E-state index in [0.717, 1.165) is 5.56 Å². The molecule has 0 saturated carbocycles. The number of hydrogen-bond donors (Lipinski definition) is 0. The van der Waals surface area contributed by atoms with Gasteiger partial charge < -0.3 is 0 Å². The molecule has 112 valence electrons. The van der Waals surface area contributed by atoms with Crippen molar-refractivity contribution < 1.29 is 22.0 Å². The minimum Gasteiger partial charge on any atom is -0.203 e. The van der Waals surface area contributed by atoms with Crippen LogP contribution in [-0.4, -0.2) is 0 Å². The molecule has 0 radical (unpaired) electrons. The fourth-order valence-electron chi connectivity index (χ4n) is 2.15. The van der Waals surface area contributed by atoms with Gasteiger partial charge in [0.15, 0.2) is 23.3 Å². The van der Waals surface area contributed by atoms with Crippen LogP contribution in [0.3, 0.4) is 0 Å². The maximum absolute atomic E-state index is 13.8. The second-order valence-electron chi connectivity index (χ2n) is 5.23. The van der Waals surface area contributed by atoms with E-state index in [9.17, 15) is 22.0 Å². The molecule has 0 saturated heterocycles. The molecule has 2 aromatic rings. The Hall–Kier alpha value is -1.91. The number of rotatable bonds is 2. The average Bonchev–Trinajstić information content (AvgIpc) is 2.42. The average molecular weight is 300 g/mol. The molecule has 0 heterocycles. The van der Waals surface area contributed by atoms with E-state index in [0.29, 0.717) is 5.56 Å². The molecule has 0 aliphatic heterocycles. The van der Waals surface area contributed by atoms with E-state index in [2.05, 4.69) is 0 Å². The number of halogens is 5. The van der Waals surface area contributed by atoms with Crippen molar-refractivity contribution in [2.24, 2.45) is 0 Å². The highest BCUT2D eigenvalue weighted by Gasteiger charge is 2.26. The van der Waals surface area contributed by atoms with Crippen molar-refractivity contribution in [3.8, 4) is 11.1 Å². The van der Waals surface area contributed by atoms with Gasteiger partial charge in [0.05, 0.1) is 5.56 Å². The highest BCUT2D eigenvalue weighted by Crippen LogP contribution is 2.33. The Bertz CT molecular complexity index is 675. The SMILES string of the molecule is Cc1cc(-c2c(F)c(F)c(F)c(F)c2F)cc(C(C)C)c1. The van der Waals surface area contributed by atoms with Crippen LogP contribution in [0.5, 0.6) is 0 Å². The fourth-order valence-corrected chi connectivity index (χ4v) is 2.15. The lowest BCUT2D eigenvalue weighted by atomic mass is 9.94. The molecule has 0 atom stereocenters. The molecule has 0 aliphatic carbocycles. The Morgan fingerprint density at radius 2 is 1.19 bits per heavy atom. The normalized spacial score (nSPS) is 11.3. The summed E-state index contributed by atoms with van der Waals surface area (Å²) in [4.78, 5) is 0. The van der Waals surface area contributed by atoms with Crippen molar-refractivity contribution in [3.05, 3.63) is 58.4 Å². The molecule has 0 bridgehead atoms. The first kappa shape index (κ1) is 15.5. The monoisotopic (exact) mass is 300 g/mol. The van der Waals surface area contributed by atoms with E-state index in [1.54, 1.807) is 13.0 Å². The largest absolute Gasteiger partial charge is 0.203 e. The van der Waals surface area contributed by atoms with Gasteiger partial charge in [-0.05, 0) is 24.0 Å². The Morgan fingerprint density at radius 3 is 1.67 bits per heavy atom. The highest BCUT2D eigenvalue weighted by atomic mass is 19.2. The molecular formula is C16H13F5. The van der Waals surface area contributed by atoms with Crippen LogP contribution >= 0.6 is 0 Å². The van der Waals surface area contributed by atoms with E-state index in [1.165, 1.54) is 12.1 Å². The van der Waals surface area contributed by atoms with Crippen LogP contribution in [0, 0.1) is 36.0 Å². The second kappa shape index (κ2) is 5.47. The van der Waals surface area contributed by atoms with Crippen molar-refractivity contribution >= 4 is 0 Å². The van der Waals surface area contributed by atoms with Gasteiger partial charge in [-0.2, -0.15) is 0 Å². The third kappa shape index (κ3) is 2.64. The lowest BCUT2D eigenvalue weighted by Gasteiger charge is -2.13. The minimum absolute atomic E-state index is 0.0218. The smallest absolute Gasteiger partial charge is 0.200 e. The summed E-state index contributed by atoms with van der Waals surface area (Å²) in [6.07, 6.45) is 0. The molecule has 0 spiro atoms. The first-order valence-electron chi connectivity index (χ1n) is 6.37. The summed E-state index contributed by atoms with van der Waals surface area (Å²) < 4.78 is 67.3. The Balaban J connectivity index is 2.79. The topological polar surface area (TPSA) is 0 Å². The third-order valence-corrected chi connectivity index (χ3v) is 3.26.